The Labute approximate surface area is 44.9 Å². The monoisotopic (exact) mass is 103 g/mol. The number of carbonyl (C=O) groups excluding carboxylic acids is 1. The Morgan fingerprint density at radius 1 is 2.00 bits per heavy atom. The van der Waals surface area contributed by atoms with Crippen LogP contribution in [0.3, 0.4) is 0 Å². The zero-order chi connectivity index (χ0) is 6.41. The first-order valence-corrected chi connectivity index (χ1v) is 2.32. The molecule has 7 heavy (non-hydrogen) atoms. The normalized spacial score (nSPS) is 14.7. The summed E-state index contributed by atoms with van der Waals surface area (Å²) in [4.78, 5) is 9.55. The quantitative estimate of drug-likeness (QED) is 0.495. The van der Waals surface area contributed by atoms with Crippen LogP contribution in [0.15, 0.2) is 0 Å². The third kappa shape index (κ3) is 5.47. The van der Waals surface area contributed by atoms with E-state index in [1.807, 2.05) is 6.92 Å². The lowest BCUT2D eigenvalue weighted by Crippen LogP contribution is -1.88. The van der Waals surface area contributed by atoms with Gasteiger partial charge in [-0.05, 0) is 6.42 Å². The topological polar surface area (TPSA) is 26.3 Å². The molecule has 0 spiro atoms. The molecule has 0 unspecified atom stereocenters. The van der Waals surface area contributed by atoms with Crippen molar-refractivity contribution in [1.29, 1.82) is 0 Å². The molecule has 0 saturated heterocycles. The molecule has 0 bridgehead atoms. The lowest BCUT2D eigenvalue weighted by Gasteiger charge is -1.90. The molecular weight excluding hydrogens is 92.1 g/mol. The molecule has 0 saturated carbocycles. The molecule has 0 aromatic heterocycles. The van der Waals surface area contributed by atoms with Crippen molar-refractivity contribution in [1.82, 2.24) is 0 Å². The Kier molecular flexibility index (Phi) is 3.61. The van der Waals surface area contributed by atoms with Gasteiger partial charge in [-0.25, -0.2) is 0 Å². The lowest BCUT2D eigenvalue weighted by molar-refractivity contribution is -0.128. The van der Waals surface area contributed by atoms with Crippen LogP contribution in [0.5, 0.6) is 0 Å². The standard InChI is InChI=1S/C5H10O2/c1-2-3-4-7-5-6/h5H,2-4H2,1H3/i4D/t4-/m1/s1. The summed E-state index contributed by atoms with van der Waals surface area (Å²) >= 11 is 0. The van der Waals surface area contributed by atoms with E-state index in [9.17, 15) is 4.79 Å². The molecule has 0 fully saturated rings. The Balaban J connectivity index is 3.03. The van der Waals surface area contributed by atoms with E-state index in [1.54, 1.807) is 0 Å². The summed E-state index contributed by atoms with van der Waals surface area (Å²) in [5, 5.41) is 0. The minimum Gasteiger partial charge on any atom is -0.468 e. The first-order chi connectivity index (χ1) is 3.81. The van der Waals surface area contributed by atoms with Crippen molar-refractivity contribution >= 4 is 6.47 Å². The summed E-state index contributed by atoms with van der Waals surface area (Å²) in [7, 11) is 0. The van der Waals surface area contributed by atoms with Gasteiger partial charge < -0.3 is 4.74 Å². The van der Waals surface area contributed by atoms with Crippen molar-refractivity contribution < 1.29 is 10.9 Å². The van der Waals surface area contributed by atoms with Crippen LogP contribution in [0.25, 0.3) is 0 Å². The maximum Gasteiger partial charge on any atom is 0.293 e. The zero-order valence-electron chi connectivity index (χ0n) is 5.39. The van der Waals surface area contributed by atoms with Gasteiger partial charge in [0.05, 0.1) is 7.95 Å². The summed E-state index contributed by atoms with van der Waals surface area (Å²) in [5.41, 5.74) is 0. The van der Waals surface area contributed by atoms with Gasteiger partial charge in [-0.1, -0.05) is 13.3 Å². The van der Waals surface area contributed by atoms with Crippen LogP contribution in [-0.4, -0.2) is 13.1 Å². The molecule has 0 radical (unpaired) electrons. The molecule has 0 heterocycles. The van der Waals surface area contributed by atoms with Crippen molar-refractivity contribution in [2.75, 3.05) is 6.58 Å². The second-order valence-electron chi connectivity index (χ2n) is 1.19. The highest BCUT2D eigenvalue weighted by Crippen LogP contribution is 1.83. The van der Waals surface area contributed by atoms with Crippen molar-refractivity contribution in [3.63, 3.8) is 0 Å². The van der Waals surface area contributed by atoms with Crippen LogP contribution < -0.4 is 0 Å². The second-order valence-corrected chi connectivity index (χ2v) is 1.19. The van der Waals surface area contributed by atoms with Crippen molar-refractivity contribution in [3.05, 3.63) is 0 Å². The van der Waals surface area contributed by atoms with Gasteiger partial charge in [0.2, 0.25) is 0 Å². The fourth-order valence-corrected chi connectivity index (χ4v) is 0.225. The van der Waals surface area contributed by atoms with Crippen molar-refractivity contribution in [2.45, 2.75) is 19.8 Å². The van der Waals surface area contributed by atoms with Gasteiger partial charge in [0.25, 0.3) is 6.47 Å². The predicted molar refractivity (Wildman–Crippen MR) is 26.9 cm³/mol. The van der Waals surface area contributed by atoms with E-state index < -0.39 is 6.58 Å². The minimum atomic E-state index is -0.655. The van der Waals surface area contributed by atoms with Crippen LogP contribution in [0.2, 0.25) is 0 Å². The summed E-state index contributed by atoms with van der Waals surface area (Å²) in [6.07, 6.45) is 1.50. The maximum atomic E-state index is 9.55. The average molecular weight is 103 g/mol. The Morgan fingerprint density at radius 2 is 2.71 bits per heavy atom. The van der Waals surface area contributed by atoms with Gasteiger partial charge in [-0.3, -0.25) is 4.79 Å². The van der Waals surface area contributed by atoms with E-state index in [-0.39, 0.29) is 0 Å². The molecule has 2 nitrogen and oxygen atoms in total. The summed E-state index contributed by atoms with van der Waals surface area (Å²) < 4.78 is 11.2. The van der Waals surface area contributed by atoms with E-state index in [4.69, 9.17) is 1.37 Å². The van der Waals surface area contributed by atoms with Gasteiger partial charge in [0, 0.05) is 0 Å². The third-order valence-electron chi connectivity index (χ3n) is 0.558. The van der Waals surface area contributed by atoms with Crippen LogP contribution in [0.1, 0.15) is 21.1 Å². The minimum absolute atomic E-state index is 0.313. The SMILES string of the molecule is [2H][C@H](CCC)OC=O. The van der Waals surface area contributed by atoms with Crippen molar-refractivity contribution in [2.24, 2.45) is 0 Å². The highest BCUT2D eigenvalue weighted by molar-refractivity contribution is 5.36. The molecule has 0 aliphatic heterocycles. The molecule has 42 valence electrons. The van der Waals surface area contributed by atoms with Gasteiger partial charge in [-0.15, -0.1) is 0 Å². The number of rotatable bonds is 4. The summed E-state index contributed by atoms with van der Waals surface area (Å²) in [6.45, 7) is 1.60. The molecule has 0 aliphatic rings. The van der Waals surface area contributed by atoms with Gasteiger partial charge in [0.1, 0.15) is 0 Å². The van der Waals surface area contributed by atoms with E-state index in [0.29, 0.717) is 12.9 Å². The van der Waals surface area contributed by atoms with Gasteiger partial charge >= 0.3 is 0 Å². The predicted octanol–water partition coefficient (Wildman–Crippen LogP) is 0.960. The zero-order valence-corrected chi connectivity index (χ0v) is 4.39. The van der Waals surface area contributed by atoms with Crippen LogP contribution >= 0.6 is 0 Å². The van der Waals surface area contributed by atoms with E-state index in [0.717, 1.165) is 6.42 Å². The van der Waals surface area contributed by atoms with E-state index in [2.05, 4.69) is 4.74 Å². The molecule has 0 N–H and O–H groups in total. The van der Waals surface area contributed by atoms with E-state index >= 15 is 0 Å². The fourth-order valence-electron chi connectivity index (χ4n) is 0.225. The third-order valence-corrected chi connectivity index (χ3v) is 0.558. The molecule has 1 atom stereocenters. The smallest absolute Gasteiger partial charge is 0.293 e. The molecule has 0 aliphatic carbocycles. The number of carbonyl (C=O) groups is 1. The van der Waals surface area contributed by atoms with Crippen LogP contribution in [0.4, 0.5) is 0 Å². The molecule has 0 rings (SSSR count). The second kappa shape index (κ2) is 5.47. The Bertz CT molecular complexity index is 65.4. The van der Waals surface area contributed by atoms with Crippen molar-refractivity contribution in [3.8, 4) is 0 Å². The first-order valence-electron chi connectivity index (χ1n) is 2.90. The Morgan fingerprint density at radius 3 is 3.14 bits per heavy atom. The average Bonchev–Trinajstić information content (AvgIpc) is 1.68. The maximum absolute atomic E-state index is 9.55. The lowest BCUT2D eigenvalue weighted by atomic mass is 10.4. The van der Waals surface area contributed by atoms with Crippen LogP contribution in [-0.2, 0) is 9.53 Å². The molecule has 0 aromatic carbocycles. The summed E-state index contributed by atoms with van der Waals surface area (Å²) in [5.74, 6) is 0. The van der Waals surface area contributed by atoms with Gasteiger partial charge in [-0.2, -0.15) is 0 Å². The highest BCUT2D eigenvalue weighted by Gasteiger charge is 1.78. The molecule has 0 aromatic rings. The molecule has 2 heteroatoms. The van der Waals surface area contributed by atoms with E-state index in [1.165, 1.54) is 0 Å². The number of hydrogen-bond donors (Lipinski definition) is 0. The fraction of sp³-hybridized carbons (Fsp3) is 0.800. The van der Waals surface area contributed by atoms with Crippen LogP contribution in [0, 0.1) is 0 Å². The first kappa shape index (κ1) is 4.62. The summed E-state index contributed by atoms with van der Waals surface area (Å²) in [6, 6.07) is 0. The molecular formula is C5H10O2. The Hall–Kier alpha value is -0.530. The number of hydrogen-bond acceptors (Lipinski definition) is 2. The number of ether oxygens (including phenoxy) is 1. The highest BCUT2D eigenvalue weighted by atomic mass is 16.5. The molecule has 0 amide bonds. The van der Waals surface area contributed by atoms with Gasteiger partial charge in [0.15, 0.2) is 0 Å². The largest absolute Gasteiger partial charge is 0.468 e.